The summed E-state index contributed by atoms with van der Waals surface area (Å²) < 4.78 is 5.04. The van der Waals surface area contributed by atoms with Gasteiger partial charge in [0.25, 0.3) is 5.56 Å². The fraction of sp³-hybridized carbons (Fsp3) is 0.100. The van der Waals surface area contributed by atoms with Crippen LogP contribution < -0.4 is 10.9 Å². The molecule has 14 heavy (non-hydrogen) atoms. The molecule has 1 aliphatic heterocycles. The molecule has 2 N–H and O–H groups in total. The maximum atomic E-state index is 11.4. The molecule has 0 bridgehead atoms. The van der Waals surface area contributed by atoms with Gasteiger partial charge in [0.2, 0.25) is 0 Å². The fourth-order valence-corrected chi connectivity index (χ4v) is 1.76. The van der Waals surface area contributed by atoms with E-state index in [2.05, 4.69) is 10.5 Å². The monoisotopic (exact) mass is 188 g/mol. The van der Waals surface area contributed by atoms with E-state index in [0.29, 0.717) is 17.9 Å². The number of aromatic amines is 1. The van der Waals surface area contributed by atoms with Gasteiger partial charge in [-0.05, 0) is 6.07 Å². The van der Waals surface area contributed by atoms with Crippen molar-refractivity contribution >= 4 is 5.69 Å². The minimum atomic E-state index is -0.158. The van der Waals surface area contributed by atoms with Crippen LogP contribution >= 0.6 is 0 Å². The van der Waals surface area contributed by atoms with Gasteiger partial charge in [0.1, 0.15) is 0 Å². The van der Waals surface area contributed by atoms with Gasteiger partial charge in [0.05, 0.1) is 12.1 Å². The molecule has 3 rings (SSSR count). The summed E-state index contributed by atoms with van der Waals surface area (Å²) in [5.74, 6) is 0.675. The SMILES string of the molecule is O=c1[nH]oc2c1-c1ccccc1NC2. The Bertz CT molecular complexity index is 539. The molecule has 0 aliphatic carbocycles. The average molecular weight is 188 g/mol. The molecule has 0 saturated heterocycles. The highest BCUT2D eigenvalue weighted by molar-refractivity contribution is 5.80. The highest BCUT2D eigenvalue weighted by Gasteiger charge is 2.21. The highest BCUT2D eigenvalue weighted by atomic mass is 16.5. The third kappa shape index (κ3) is 0.849. The molecular formula is C10H8N2O2. The first-order valence-electron chi connectivity index (χ1n) is 4.40. The summed E-state index contributed by atoms with van der Waals surface area (Å²) in [5.41, 5.74) is 2.38. The van der Waals surface area contributed by atoms with Gasteiger partial charge in [-0.1, -0.05) is 18.2 Å². The number of H-pyrrole nitrogens is 1. The lowest BCUT2D eigenvalue weighted by Gasteiger charge is -2.15. The van der Waals surface area contributed by atoms with Gasteiger partial charge in [-0.3, -0.25) is 4.79 Å². The maximum absolute atomic E-state index is 11.4. The number of fused-ring (bicyclic) bond motifs is 3. The molecule has 1 aliphatic rings. The van der Waals surface area contributed by atoms with Crippen molar-refractivity contribution in [2.24, 2.45) is 0 Å². The van der Waals surface area contributed by atoms with E-state index in [1.807, 2.05) is 24.3 Å². The van der Waals surface area contributed by atoms with Crippen molar-refractivity contribution in [3.8, 4) is 11.1 Å². The Balaban J connectivity index is 2.38. The van der Waals surface area contributed by atoms with Crippen LogP contribution in [0.25, 0.3) is 11.1 Å². The second-order valence-electron chi connectivity index (χ2n) is 3.23. The Morgan fingerprint density at radius 1 is 1.29 bits per heavy atom. The zero-order chi connectivity index (χ0) is 9.54. The minimum Gasteiger partial charge on any atom is -0.381 e. The molecule has 0 radical (unpaired) electrons. The lowest BCUT2D eigenvalue weighted by atomic mass is 10.0. The number of para-hydroxylation sites is 1. The number of nitrogens with one attached hydrogen (secondary N) is 2. The Labute approximate surface area is 79.5 Å². The summed E-state index contributed by atoms with van der Waals surface area (Å²) in [4.78, 5) is 11.4. The van der Waals surface area contributed by atoms with Crippen molar-refractivity contribution in [1.29, 1.82) is 0 Å². The smallest absolute Gasteiger partial charge is 0.288 e. The molecule has 4 heteroatoms. The summed E-state index contributed by atoms with van der Waals surface area (Å²) in [6.07, 6.45) is 0. The highest BCUT2D eigenvalue weighted by Crippen LogP contribution is 2.32. The second kappa shape index (κ2) is 2.51. The van der Waals surface area contributed by atoms with E-state index in [-0.39, 0.29) is 5.56 Å². The summed E-state index contributed by atoms with van der Waals surface area (Å²) in [6.45, 7) is 0.561. The molecule has 2 heterocycles. The van der Waals surface area contributed by atoms with E-state index < -0.39 is 0 Å². The Hall–Kier alpha value is -1.97. The van der Waals surface area contributed by atoms with E-state index in [0.717, 1.165) is 11.3 Å². The fourth-order valence-electron chi connectivity index (χ4n) is 1.76. The molecule has 70 valence electrons. The number of anilines is 1. The lowest BCUT2D eigenvalue weighted by Crippen LogP contribution is -2.11. The molecule has 0 saturated carbocycles. The molecule has 0 fully saturated rings. The minimum absolute atomic E-state index is 0.158. The first-order valence-corrected chi connectivity index (χ1v) is 4.40. The van der Waals surface area contributed by atoms with Crippen molar-refractivity contribution in [3.63, 3.8) is 0 Å². The van der Waals surface area contributed by atoms with E-state index in [4.69, 9.17) is 4.52 Å². The van der Waals surface area contributed by atoms with Crippen LogP contribution in [0.3, 0.4) is 0 Å². The standard InChI is InChI=1S/C10H8N2O2/c13-10-9-6-3-1-2-4-7(6)11-5-8(9)14-12-10/h1-4,11H,5H2,(H,12,13). The topological polar surface area (TPSA) is 58.0 Å². The summed E-state index contributed by atoms with van der Waals surface area (Å²) >= 11 is 0. The van der Waals surface area contributed by atoms with Gasteiger partial charge in [0, 0.05) is 11.3 Å². The molecule has 2 aromatic rings. The zero-order valence-electron chi connectivity index (χ0n) is 7.33. The molecule has 1 aromatic heterocycles. The van der Waals surface area contributed by atoms with Crippen LogP contribution in [-0.2, 0) is 6.54 Å². The third-order valence-corrected chi connectivity index (χ3v) is 2.41. The van der Waals surface area contributed by atoms with Crippen molar-refractivity contribution in [3.05, 3.63) is 40.4 Å². The van der Waals surface area contributed by atoms with Crippen molar-refractivity contribution in [2.75, 3.05) is 5.32 Å². The van der Waals surface area contributed by atoms with E-state index in [1.54, 1.807) is 0 Å². The molecule has 1 aromatic carbocycles. The van der Waals surface area contributed by atoms with Gasteiger partial charge in [-0.15, -0.1) is 0 Å². The summed E-state index contributed by atoms with van der Waals surface area (Å²) in [5, 5.41) is 5.53. The van der Waals surface area contributed by atoms with Crippen molar-refractivity contribution < 1.29 is 4.52 Å². The van der Waals surface area contributed by atoms with Gasteiger partial charge in [0.15, 0.2) is 5.76 Å². The molecule has 0 unspecified atom stereocenters. The largest absolute Gasteiger partial charge is 0.381 e. The maximum Gasteiger partial charge on any atom is 0.288 e. The predicted octanol–water partition coefficient (Wildman–Crippen LogP) is 1.56. The Morgan fingerprint density at radius 2 is 2.14 bits per heavy atom. The number of rotatable bonds is 0. The van der Waals surface area contributed by atoms with Gasteiger partial charge >= 0.3 is 0 Å². The van der Waals surface area contributed by atoms with Gasteiger partial charge in [-0.2, -0.15) is 5.16 Å². The number of hydrogen-bond acceptors (Lipinski definition) is 3. The lowest BCUT2D eigenvalue weighted by molar-refractivity contribution is 0.383. The number of aromatic nitrogens is 1. The van der Waals surface area contributed by atoms with Crippen LogP contribution in [0.2, 0.25) is 0 Å². The van der Waals surface area contributed by atoms with Gasteiger partial charge < -0.3 is 9.84 Å². The van der Waals surface area contributed by atoms with E-state index in [9.17, 15) is 4.79 Å². The van der Waals surface area contributed by atoms with Gasteiger partial charge in [-0.25, -0.2) is 0 Å². The first-order chi connectivity index (χ1) is 6.86. The van der Waals surface area contributed by atoms with Crippen LogP contribution in [0.5, 0.6) is 0 Å². The Kier molecular flexibility index (Phi) is 1.33. The van der Waals surface area contributed by atoms with Crippen LogP contribution in [0.4, 0.5) is 5.69 Å². The van der Waals surface area contributed by atoms with Crippen LogP contribution in [0.15, 0.2) is 33.6 Å². The predicted molar refractivity (Wildman–Crippen MR) is 52.1 cm³/mol. The quantitative estimate of drug-likeness (QED) is 0.659. The van der Waals surface area contributed by atoms with Crippen LogP contribution in [-0.4, -0.2) is 5.16 Å². The van der Waals surface area contributed by atoms with Crippen molar-refractivity contribution in [1.82, 2.24) is 5.16 Å². The second-order valence-corrected chi connectivity index (χ2v) is 3.23. The number of benzene rings is 1. The summed E-state index contributed by atoms with van der Waals surface area (Å²) in [7, 11) is 0. The third-order valence-electron chi connectivity index (χ3n) is 2.41. The molecule has 0 atom stereocenters. The van der Waals surface area contributed by atoms with Crippen molar-refractivity contribution in [2.45, 2.75) is 6.54 Å². The molecule has 0 spiro atoms. The Morgan fingerprint density at radius 3 is 3.07 bits per heavy atom. The first kappa shape index (κ1) is 7.44. The van der Waals surface area contributed by atoms with Crippen LogP contribution in [0.1, 0.15) is 5.76 Å². The molecular weight excluding hydrogens is 180 g/mol. The van der Waals surface area contributed by atoms with E-state index >= 15 is 0 Å². The van der Waals surface area contributed by atoms with E-state index in [1.165, 1.54) is 0 Å². The molecule has 4 nitrogen and oxygen atoms in total. The van der Waals surface area contributed by atoms with Crippen LogP contribution in [0, 0.1) is 0 Å². The normalized spacial score (nSPS) is 12.9. The average Bonchev–Trinajstić information content (AvgIpc) is 2.61. The summed E-state index contributed by atoms with van der Waals surface area (Å²) in [6, 6.07) is 7.70. The number of hydrogen-bond donors (Lipinski definition) is 2. The zero-order valence-corrected chi connectivity index (χ0v) is 7.33. The molecule has 0 amide bonds.